The fourth-order valence-corrected chi connectivity index (χ4v) is 4.20. The van der Waals surface area contributed by atoms with E-state index in [1.54, 1.807) is 23.9 Å². The van der Waals surface area contributed by atoms with Gasteiger partial charge < -0.3 is 19.3 Å². The molecule has 2 aromatic carbocycles. The SMILES string of the molecule is COc1cc(OC)c(NC(=O)c2noc3c2CSc2ccccc2-3)cc1Cl. The fraction of sp³-hybridized carbons (Fsp3) is 0.158. The Morgan fingerprint density at radius 2 is 2.00 bits per heavy atom. The highest BCUT2D eigenvalue weighted by atomic mass is 35.5. The van der Waals surface area contributed by atoms with Crippen molar-refractivity contribution < 1.29 is 18.8 Å². The minimum Gasteiger partial charge on any atom is -0.495 e. The number of rotatable bonds is 4. The molecule has 1 aromatic heterocycles. The average molecular weight is 403 g/mol. The van der Waals surface area contributed by atoms with Crippen LogP contribution in [0.2, 0.25) is 5.02 Å². The number of hydrogen-bond acceptors (Lipinski definition) is 6. The lowest BCUT2D eigenvalue weighted by atomic mass is 10.1. The largest absolute Gasteiger partial charge is 0.495 e. The zero-order chi connectivity index (χ0) is 19.0. The monoisotopic (exact) mass is 402 g/mol. The molecule has 3 aromatic rings. The number of ether oxygens (including phenoxy) is 2. The van der Waals surface area contributed by atoms with Gasteiger partial charge in [0.05, 0.1) is 24.9 Å². The summed E-state index contributed by atoms with van der Waals surface area (Å²) in [4.78, 5) is 13.9. The van der Waals surface area contributed by atoms with Gasteiger partial charge in [0.25, 0.3) is 5.91 Å². The van der Waals surface area contributed by atoms with E-state index in [-0.39, 0.29) is 11.6 Å². The first-order chi connectivity index (χ1) is 13.1. The molecule has 0 unspecified atom stereocenters. The van der Waals surface area contributed by atoms with Crippen molar-refractivity contribution in [3.05, 3.63) is 52.7 Å². The second-order valence-electron chi connectivity index (χ2n) is 5.76. The van der Waals surface area contributed by atoms with Crippen LogP contribution in [-0.2, 0) is 5.75 Å². The van der Waals surface area contributed by atoms with Crippen LogP contribution in [0.15, 0.2) is 45.8 Å². The van der Waals surface area contributed by atoms with Gasteiger partial charge >= 0.3 is 0 Å². The van der Waals surface area contributed by atoms with E-state index < -0.39 is 0 Å². The molecule has 6 nitrogen and oxygen atoms in total. The lowest BCUT2D eigenvalue weighted by Crippen LogP contribution is -2.15. The number of fused-ring (bicyclic) bond motifs is 3. The number of carbonyl (C=O) groups is 1. The Morgan fingerprint density at radius 1 is 1.22 bits per heavy atom. The molecule has 0 aliphatic carbocycles. The molecule has 1 N–H and O–H groups in total. The van der Waals surface area contributed by atoms with Gasteiger partial charge in [0, 0.05) is 27.8 Å². The van der Waals surface area contributed by atoms with E-state index in [9.17, 15) is 4.79 Å². The Morgan fingerprint density at radius 3 is 2.78 bits per heavy atom. The van der Waals surface area contributed by atoms with Crippen LogP contribution in [0.25, 0.3) is 11.3 Å². The summed E-state index contributed by atoms with van der Waals surface area (Å²) in [6.45, 7) is 0. The number of hydrogen-bond donors (Lipinski definition) is 1. The van der Waals surface area contributed by atoms with Gasteiger partial charge in [0.1, 0.15) is 11.5 Å². The number of benzene rings is 2. The molecule has 0 atom stereocenters. The van der Waals surface area contributed by atoms with Crippen molar-refractivity contribution in [2.24, 2.45) is 0 Å². The zero-order valence-electron chi connectivity index (χ0n) is 14.5. The Kier molecular flexibility index (Phi) is 4.72. The van der Waals surface area contributed by atoms with Crippen molar-refractivity contribution in [2.75, 3.05) is 19.5 Å². The lowest BCUT2D eigenvalue weighted by molar-refractivity contribution is 0.101. The normalized spacial score (nSPS) is 12.1. The highest BCUT2D eigenvalue weighted by Gasteiger charge is 2.28. The molecule has 0 saturated carbocycles. The molecule has 0 radical (unpaired) electrons. The van der Waals surface area contributed by atoms with E-state index in [4.69, 9.17) is 25.6 Å². The first-order valence-electron chi connectivity index (χ1n) is 8.06. The zero-order valence-corrected chi connectivity index (χ0v) is 16.1. The van der Waals surface area contributed by atoms with Gasteiger partial charge in [-0.2, -0.15) is 0 Å². The Balaban J connectivity index is 1.67. The molecule has 138 valence electrons. The molecular formula is C19H15ClN2O4S. The standard InChI is InChI=1S/C19H15ClN2O4S/c1-24-14-8-15(25-2)13(7-12(14)20)21-19(23)17-11-9-27-16-6-4-3-5-10(16)18(11)26-22-17/h3-8H,9H2,1-2H3,(H,21,23). The first-order valence-corrected chi connectivity index (χ1v) is 9.42. The van der Waals surface area contributed by atoms with Gasteiger partial charge in [-0.05, 0) is 18.2 Å². The minimum atomic E-state index is -0.389. The number of thioether (sulfide) groups is 1. The summed E-state index contributed by atoms with van der Waals surface area (Å²) >= 11 is 7.82. The molecule has 27 heavy (non-hydrogen) atoms. The number of carbonyl (C=O) groups excluding carboxylic acids is 1. The maximum Gasteiger partial charge on any atom is 0.278 e. The average Bonchev–Trinajstić information content (AvgIpc) is 3.13. The van der Waals surface area contributed by atoms with E-state index >= 15 is 0 Å². The van der Waals surface area contributed by atoms with Crippen LogP contribution in [0.4, 0.5) is 5.69 Å². The van der Waals surface area contributed by atoms with Gasteiger partial charge in [-0.15, -0.1) is 11.8 Å². The van der Waals surface area contributed by atoms with Crippen LogP contribution in [0.1, 0.15) is 16.1 Å². The van der Waals surface area contributed by atoms with Gasteiger partial charge in [-0.25, -0.2) is 0 Å². The van der Waals surface area contributed by atoms with E-state index in [0.717, 1.165) is 16.0 Å². The third kappa shape index (κ3) is 3.13. The highest BCUT2D eigenvalue weighted by molar-refractivity contribution is 7.98. The highest BCUT2D eigenvalue weighted by Crippen LogP contribution is 2.43. The number of anilines is 1. The quantitative estimate of drug-likeness (QED) is 0.671. The van der Waals surface area contributed by atoms with Crippen molar-refractivity contribution in [3.63, 3.8) is 0 Å². The van der Waals surface area contributed by atoms with Crippen molar-refractivity contribution in [1.29, 1.82) is 0 Å². The van der Waals surface area contributed by atoms with E-state index in [1.165, 1.54) is 14.2 Å². The fourth-order valence-electron chi connectivity index (χ4n) is 2.90. The van der Waals surface area contributed by atoms with Crippen molar-refractivity contribution in [1.82, 2.24) is 5.16 Å². The molecule has 4 rings (SSSR count). The van der Waals surface area contributed by atoms with Gasteiger partial charge in [-0.1, -0.05) is 28.9 Å². The Bertz CT molecular complexity index is 1030. The second kappa shape index (κ2) is 7.17. The minimum absolute atomic E-state index is 0.251. The molecule has 1 aliphatic rings. The van der Waals surface area contributed by atoms with Crippen LogP contribution in [0.5, 0.6) is 11.5 Å². The van der Waals surface area contributed by atoms with Crippen LogP contribution >= 0.6 is 23.4 Å². The number of halogens is 1. The number of nitrogens with one attached hydrogen (secondary N) is 1. The van der Waals surface area contributed by atoms with Crippen LogP contribution in [0, 0.1) is 0 Å². The maximum absolute atomic E-state index is 12.8. The summed E-state index contributed by atoms with van der Waals surface area (Å²) < 4.78 is 16.0. The lowest BCUT2D eigenvalue weighted by Gasteiger charge is -2.15. The summed E-state index contributed by atoms with van der Waals surface area (Å²) in [7, 11) is 3.01. The summed E-state index contributed by atoms with van der Waals surface area (Å²) in [6, 6.07) is 11.1. The third-order valence-corrected chi connectivity index (χ3v) is 5.62. The van der Waals surface area contributed by atoms with Crippen LogP contribution in [0.3, 0.4) is 0 Å². The summed E-state index contributed by atoms with van der Waals surface area (Å²) in [5.41, 5.74) is 2.39. The van der Waals surface area contributed by atoms with E-state index in [2.05, 4.69) is 10.5 Å². The second-order valence-corrected chi connectivity index (χ2v) is 7.19. The number of amides is 1. The first kappa shape index (κ1) is 17.8. The molecule has 2 heterocycles. The number of aromatic nitrogens is 1. The predicted octanol–water partition coefficient (Wildman–Crippen LogP) is 4.87. The van der Waals surface area contributed by atoms with Gasteiger partial charge in [-0.3, -0.25) is 4.79 Å². The summed E-state index contributed by atoms with van der Waals surface area (Å²) in [5.74, 6) is 1.74. The smallest absolute Gasteiger partial charge is 0.278 e. The predicted molar refractivity (Wildman–Crippen MR) is 104 cm³/mol. The molecule has 0 saturated heterocycles. The molecule has 8 heteroatoms. The van der Waals surface area contributed by atoms with E-state index in [1.807, 2.05) is 24.3 Å². The van der Waals surface area contributed by atoms with Crippen molar-refractivity contribution >= 4 is 35.0 Å². The van der Waals surface area contributed by atoms with Gasteiger partial charge in [0.15, 0.2) is 11.5 Å². The van der Waals surface area contributed by atoms with Crippen LogP contribution in [-0.4, -0.2) is 25.3 Å². The topological polar surface area (TPSA) is 73.6 Å². The van der Waals surface area contributed by atoms with E-state index in [0.29, 0.717) is 33.7 Å². The number of nitrogens with zero attached hydrogens (tertiary/aromatic N) is 1. The Hall–Kier alpha value is -2.64. The van der Waals surface area contributed by atoms with Crippen molar-refractivity contribution in [3.8, 4) is 22.8 Å². The molecule has 0 spiro atoms. The summed E-state index contributed by atoms with van der Waals surface area (Å²) in [5, 5.41) is 7.16. The molecule has 0 bridgehead atoms. The molecule has 1 amide bonds. The van der Waals surface area contributed by atoms with Crippen LogP contribution < -0.4 is 14.8 Å². The Labute approximate surface area is 164 Å². The number of methoxy groups -OCH3 is 2. The van der Waals surface area contributed by atoms with Gasteiger partial charge in [0.2, 0.25) is 0 Å². The molecule has 1 aliphatic heterocycles. The summed E-state index contributed by atoms with van der Waals surface area (Å²) in [6.07, 6.45) is 0. The molecule has 0 fully saturated rings. The maximum atomic E-state index is 12.8. The third-order valence-electron chi connectivity index (χ3n) is 4.23. The van der Waals surface area contributed by atoms with Crippen molar-refractivity contribution in [2.45, 2.75) is 10.6 Å². The molecular weight excluding hydrogens is 388 g/mol.